The molecule has 1 aromatic heterocycles. The minimum Gasteiger partial charge on any atom is -0.475 e. The Morgan fingerprint density at radius 1 is 1.31 bits per heavy atom. The van der Waals surface area contributed by atoms with Gasteiger partial charge in [-0.25, -0.2) is 9.78 Å². The minimum atomic E-state index is -5.08. The van der Waals surface area contributed by atoms with Gasteiger partial charge in [0.05, 0.1) is 18.6 Å². The Kier molecular flexibility index (Phi) is 7.12. The number of halogens is 3. The van der Waals surface area contributed by atoms with Crippen molar-refractivity contribution in [1.29, 1.82) is 0 Å². The molecule has 29 heavy (non-hydrogen) atoms. The van der Waals surface area contributed by atoms with Gasteiger partial charge in [-0.1, -0.05) is 0 Å². The van der Waals surface area contributed by atoms with E-state index in [1.165, 1.54) is 12.8 Å². The lowest BCUT2D eigenvalue weighted by Crippen LogP contribution is -2.52. The number of carboxylic acid groups (broad SMARTS) is 1. The number of hydrogen-bond acceptors (Lipinski definition) is 6. The predicted molar refractivity (Wildman–Crippen MR) is 98.2 cm³/mol. The van der Waals surface area contributed by atoms with E-state index in [0.717, 1.165) is 50.1 Å². The van der Waals surface area contributed by atoms with E-state index < -0.39 is 12.1 Å². The van der Waals surface area contributed by atoms with E-state index >= 15 is 0 Å². The van der Waals surface area contributed by atoms with Crippen molar-refractivity contribution in [2.45, 2.75) is 38.1 Å². The lowest BCUT2D eigenvalue weighted by atomic mass is 9.82. The van der Waals surface area contributed by atoms with E-state index in [2.05, 4.69) is 15.2 Å². The third kappa shape index (κ3) is 6.38. The highest BCUT2D eigenvalue weighted by atomic mass is 32.1. The molecule has 2 saturated heterocycles. The molecule has 1 amide bonds. The van der Waals surface area contributed by atoms with Crippen molar-refractivity contribution in [3.05, 3.63) is 16.6 Å². The Labute approximate surface area is 170 Å². The Morgan fingerprint density at radius 3 is 2.62 bits per heavy atom. The van der Waals surface area contributed by atoms with E-state index in [1.807, 2.05) is 11.6 Å². The van der Waals surface area contributed by atoms with Crippen molar-refractivity contribution >= 4 is 23.2 Å². The molecule has 3 atom stereocenters. The van der Waals surface area contributed by atoms with Gasteiger partial charge in [0.2, 0.25) is 5.91 Å². The zero-order valence-corrected chi connectivity index (χ0v) is 16.5. The number of piperidine rings is 1. The monoisotopic (exact) mass is 435 g/mol. The zero-order valence-electron chi connectivity index (χ0n) is 15.7. The number of carbonyl (C=O) groups is 2. The largest absolute Gasteiger partial charge is 0.490 e. The molecule has 0 unspecified atom stereocenters. The molecule has 7 nitrogen and oxygen atoms in total. The number of ether oxygens (including phenoxy) is 1. The summed E-state index contributed by atoms with van der Waals surface area (Å²) in [7, 11) is 0. The first kappa shape index (κ1) is 22.0. The van der Waals surface area contributed by atoms with Gasteiger partial charge in [0, 0.05) is 43.7 Å². The summed E-state index contributed by atoms with van der Waals surface area (Å²) in [6, 6.07) is 0. The molecule has 0 radical (unpaired) electrons. The maximum atomic E-state index is 12.6. The number of thiazole rings is 1. The number of carboxylic acids is 1. The van der Waals surface area contributed by atoms with Crippen molar-refractivity contribution in [3.8, 4) is 0 Å². The highest BCUT2D eigenvalue weighted by Gasteiger charge is 2.44. The smallest absolute Gasteiger partial charge is 0.475 e. The average molecular weight is 435 g/mol. The van der Waals surface area contributed by atoms with Crippen LogP contribution in [0.4, 0.5) is 13.2 Å². The molecule has 0 spiro atoms. The van der Waals surface area contributed by atoms with Gasteiger partial charge in [-0.15, -0.1) is 11.3 Å². The third-order valence-electron chi connectivity index (χ3n) is 5.35. The number of fused-ring (bicyclic) bond motifs is 1. The number of likely N-dealkylation sites (tertiary alicyclic amines) is 1. The molecule has 1 aliphatic carbocycles. The van der Waals surface area contributed by atoms with Crippen LogP contribution >= 0.6 is 11.3 Å². The summed E-state index contributed by atoms with van der Waals surface area (Å²) in [6.45, 7) is 4.25. The summed E-state index contributed by atoms with van der Waals surface area (Å²) in [5.41, 5.74) is 0. The maximum absolute atomic E-state index is 12.6. The fourth-order valence-corrected chi connectivity index (χ4v) is 4.34. The average Bonchev–Trinajstić information content (AvgIpc) is 3.12. The Bertz CT molecular complexity index is 697. The minimum absolute atomic E-state index is 0.0694. The second-order valence-electron chi connectivity index (χ2n) is 7.58. The fraction of sp³-hybridized carbons (Fsp3) is 0.722. The number of nitrogens with one attached hydrogen (secondary N) is 1. The van der Waals surface area contributed by atoms with Crippen molar-refractivity contribution in [3.63, 3.8) is 0 Å². The SMILES string of the molecule is O=C(NCC1CC1)[C@@H]1CN(Cc2nccs2)C[C@H]2OCC[C@H]21.O=C(O)C(F)(F)F. The van der Waals surface area contributed by atoms with Crippen LogP contribution in [0.25, 0.3) is 0 Å². The van der Waals surface area contributed by atoms with Gasteiger partial charge in [0.25, 0.3) is 0 Å². The second kappa shape index (κ2) is 9.40. The lowest BCUT2D eigenvalue weighted by Gasteiger charge is -2.39. The molecule has 4 rings (SSSR count). The molecular weight excluding hydrogens is 411 g/mol. The molecular formula is C18H24F3N3O4S. The van der Waals surface area contributed by atoms with Gasteiger partial charge < -0.3 is 15.2 Å². The van der Waals surface area contributed by atoms with E-state index in [4.69, 9.17) is 14.6 Å². The highest BCUT2D eigenvalue weighted by molar-refractivity contribution is 7.09. The summed E-state index contributed by atoms with van der Waals surface area (Å²) < 4.78 is 37.6. The van der Waals surface area contributed by atoms with Crippen molar-refractivity contribution in [2.24, 2.45) is 17.8 Å². The van der Waals surface area contributed by atoms with Crippen LogP contribution in [0.15, 0.2) is 11.6 Å². The summed E-state index contributed by atoms with van der Waals surface area (Å²) >= 11 is 1.68. The van der Waals surface area contributed by atoms with E-state index in [9.17, 15) is 18.0 Å². The van der Waals surface area contributed by atoms with E-state index in [0.29, 0.717) is 5.92 Å². The van der Waals surface area contributed by atoms with Gasteiger partial charge in [-0.05, 0) is 25.2 Å². The molecule has 11 heteroatoms. The number of hydrogen-bond donors (Lipinski definition) is 2. The van der Waals surface area contributed by atoms with Crippen molar-refractivity contribution in [1.82, 2.24) is 15.2 Å². The fourth-order valence-electron chi connectivity index (χ4n) is 3.68. The summed E-state index contributed by atoms with van der Waals surface area (Å²) in [5, 5.41) is 13.4. The Hall–Kier alpha value is -1.72. The van der Waals surface area contributed by atoms with Crippen LogP contribution < -0.4 is 5.32 Å². The number of carbonyl (C=O) groups excluding carboxylic acids is 1. The van der Waals surface area contributed by atoms with Gasteiger partial charge in [0.15, 0.2) is 0 Å². The lowest BCUT2D eigenvalue weighted by molar-refractivity contribution is -0.192. The van der Waals surface area contributed by atoms with Gasteiger partial charge in [0.1, 0.15) is 5.01 Å². The summed E-state index contributed by atoms with van der Waals surface area (Å²) in [5.74, 6) is -1.33. The van der Waals surface area contributed by atoms with Crippen LogP contribution in [0.2, 0.25) is 0 Å². The number of amides is 1. The van der Waals surface area contributed by atoms with Crippen LogP contribution in [-0.4, -0.2) is 65.4 Å². The summed E-state index contributed by atoms with van der Waals surface area (Å²) in [6.07, 6.45) is 0.549. The van der Waals surface area contributed by atoms with E-state index in [1.54, 1.807) is 11.3 Å². The third-order valence-corrected chi connectivity index (χ3v) is 6.12. The molecule has 2 N–H and O–H groups in total. The van der Waals surface area contributed by atoms with Crippen molar-refractivity contribution in [2.75, 3.05) is 26.2 Å². The number of rotatable bonds is 5. The molecule has 1 aromatic rings. The number of alkyl halides is 3. The Balaban J connectivity index is 0.000000298. The van der Waals surface area contributed by atoms with Crippen LogP contribution in [-0.2, 0) is 20.9 Å². The Morgan fingerprint density at radius 2 is 2.03 bits per heavy atom. The number of aromatic nitrogens is 1. The summed E-state index contributed by atoms with van der Waals surface area (Å²) in [4.78, 5) is 28.2. The highest BCUT2D eigenvalue weighted by Crippen LogP contribution is 2.35. The molecule has 0 aromatic carbocycles. The second-order valence-corrected chi connectivity index (χ2v) is 8.56. The molecule has 162 valence electrons. The van der Waals surface area contributed by atoms with Crippen LogP contribution in [0, 0.1) is 17.8 Å². The van der Waals surface area contributed by atoms with Crippen molar-refractivity contribution < 1.29 is 32.6 Å². The number of aliphatic carboxylic acids is 1. The predicted octanol–water partition coefficient (Wildman–Crippen LogP) is 2.14. The molecule has 2 aliphatic heterocycles. The first-order valence-electron chi connectivity index (χ1n) is 9.54. The first-order valence-corrected chi connectivity index (χ1v) is 10.4. The zero-order chi connectivity index (χ0) is 21.0. The van der Waals surface area contributed by atoms with Gasteiger partial charge in [-0.3, -0.25) is 9.69 Å². The quantitative estimate of drug-likeness (QED) is 0.737. The van der Waals surface area contributed by atoms with Crippen LogP contribution in [0.5, 0.6) is 0 Å². The van der Waals surface area contributed by atoms with E-state index in [-0.39, 0.29) is 17.9 Å². The molecule has 1 saturated carbocycles. The maximum Gasteiger partial charge on any atom is 0.490 e. The normalized spacial score (nSPS) is 26.9. The van der Waals surface area contributed by atoms with Gasteiger partial charge >= 0.3 is 12.1 Å². The van der Waals surface area contributed by atoms with Gasteiger partial charge in [-0.2, -0.15) is 13.2 Å². The molecule has 3 aliphatic rings. The molecule has 3 heterocycles. The molecule has 0 bridgehead atoms. The topological polar surface area (TPSA) is 91.8 Å². The standard InChI is InChI=1S/C16H23N3O2S.C2HF3O2/c20-16(18-7-11-1-2-11)13-8-19(10-15-17-4-6-22-15)9-14-12(13)3-5-21-14;3-2(4,5)1(6)7/h4,6,11-14H,1-3,5,7-10H2,(H,18,20);(H,6,7)/t12-,13+,14+;/m0./s1. The number of nitrogens with zero attached hydrogens (tertiary/aromatic N) is 2. The molecule has 3 fully saturated rings. The van der Waals surface area contributed by atoms with Crippen LogP contribution in [0.3, 0.4) is 0 Å². The first-order chi connectivity index (χ1) is 13.7. The van der Waals surface area contributed by atoms with Crippen LogP contribution in [0.1, 0.15) is 24.3 Å².